The topological polar surface area (TPSA) is 30.5 Å². The highest BCUT2D eigenvalue weighted by atomic mass is 16.5. The second-order valence-corrected chi connectivity index (χ2v) is 4.61. The number of hydrogen-bond acceptors (Lipinski definition) is 3. The Kier molecular flexibility index (Phi) is 6.40. The average molecular weight is 251 g/mol. The van der Waals surface area contributed by atoms with Crippen LogP contribution in [0.5, 0.6) is 11.5 Å². The van der Waals surface area contributed by atoms with E-state index in [-0.39, 0.29) is 0 Å². The molecule has 0 aliphatic rings. The lowest BCUT2D eigenvalue weighted by atomic mass is 10.1. The Morgan fingerprint density at radius 1 is 1.11 bits per heavy atom. The molecule has 1 rings (SSSR count). The van der Waals surface area contributed by atoms with Crippen molar-refractivity contribution in [2.75, 3.05) is 19.5 Å². The molecule has 0 spiro atoms. The summed E-state index contributed by atoms with van der Waals surface area (Å²) in [5.41, 5.74) is 1.08. The predicted molar refractivity (Wildman–Crippen MR) is 76.8 cm³/mol. The van der Waals surface area contributed by atoms with Gasteiger partial charge in [-0.2, -0.15) is 0 Å². The quantitative estimate of drug-likeness (QED) is 0.706. The van der Waals surface area contributed by atoms with Crippen LogP contribution in [0, 0.1) is 0 Å². The van der Waals surface area contributed by atoms with Crippen LogP contribution in [-0.4, -0.2) is 20.3 Å². The van der Waals surface area contributed by atoms with E-state index in [2.05, 4.69) is 19.2 Å². The molecule has 1 N–H and O–H groups in total. The SMILES string of the molecule is CCCCCC(C)Nc1ccc(OC)c(OC)c1. The van der Waals surface area contributed by atoms with Gasteiger partial charge in [0, 0.05) is 17.8 Å². The maximum absolute atomic E-state index is 5.29. The van der Waals surface area contributed by atoms with E-state index >= 15 is 0 Å². The summed E-state index contributed by atoms with van der Waals surface area (Å²) < 4.78 is 10.5. The summed E-state index contributed by atoms with van der Waals surface area (Å²) in [6.45, 7) is 4.44. The molecule has 0 heterocycles. The van der Waals surface area contributed by atoms with E-state index < -0.39 is 0 Å². The lowest BCUT2D eigenvalue weighted by Crippen LogP contribution is -2.14. The molecule has 0 aliphatic carbocycles. The summed E-state index contributed by atoms with van der Waals surface area (Å²) in [6, 6.07) is 6.42. The molecule has 0 fully saturated rings. The fraction of sp³-hybridized carbons (Fsp3) is 0.600. The lowest BCUT2D eigenvalue weighted by Gasteiger charge is -2.16. The van der Waals surface area contributed by atoms with E-state index in [0.717, 1.165) is 17.2 Å². The fourth-order valence-corrected chi connectivity index (χ4v) is 1.98. The molecule has 18 heavy (non-hydrogen) atoms. The molecule has 0 bridgehead atoms. The summed E-state index contributed by atoms with van der Waals surface area (Å²) in [5, 5.41) is 3.49. The highest BCUT2D eigenvalue weighted by Crippen LogP contribution is 2.30. The van der Waals surface area contributed by atoms with E-state index in [1.165, 1.54) is 25.7 Å². The van der Waals surface area contributed by atoms with Gasteiger partial charge in [-0.3, -0.25) is 0 Å². The second kappa shape index (κ2) is 7.85. The van der Waals surface area contributed by atoms with Gasteiger partial charge in [0.2, 0.25) is 0 Å². The van der Waals surface area contributed by atoms with Crippen LogP contribution in [0.2, 0.25) is 0 Å². The molecular weight excluding hydrogens is 226 g/mol. The van der Waals surface area contributed by atoms with Gasteiger partial charge in [0.1, 0.15) is 0 Å². The number of methoxy groups -OCH3 is 2. The minimum atomic E-state index is 0.481. The zero-order valence-electron chi connectivity index (χ0n) is 12.0. The number of ether oxygens (including phenoxy) is 2. The van der Waals surface area contributed by atoms with E-state index in [1.807, 2.05) is 18.2 Å². The number of unbranched alkanes of at least 4 members (excludes halogenated alkanes) is 2. The summed E-state index contributed by atoms with van der Waals surface area (Å²) in [6.07, 6.45) is 5.04. The number of anilines is 1. The van der Waals surface area contributed by atoms with Gasteiger partial charge in [0.25, 0.3) is 0 Å². The Balaban J connectivity index is 2.56. The molecule has 102 valence electrons. The molecule has 0 aliphatic heterocycles. The third kappa shape index (κ3) is 4.47. The van der Waals surface area contributed by atoms with Crippen LogP contribution in [0.15, 0.2) is 18.2 Å². The zero-order valence-corrected chi connectivity index (χ0v) is 12.0. The zero-order chi connectivity index (χ0) is 13.4. The molecule has 0 amide bonds. The number of nitrogens with one attached hydrogen (secondary N) is 1. The van der Waals surface area contributed by atoms with Crippen molar-refractivity contribution >= 4 is 5.69 Å². The Morgan fingerprint density at radius 2 is 1.83 bits per heavy atom. The van der Waals surface area contributed by atoms with Crippen molar-refractivity contribution < 1.29 is 9.47 Å². The minimum Gasteiger partial charge on any atom is -0.493 e. The number of rotatable bonds is 8. The van der Waals surface area contributed by atoms with Crippen molar-refractivity contribution in [2.24, 2.45) is 0 Å². The number of hydrogen-bond donors (Lipinski definition) is 1. The molecule has 0 saturated carbocycles. The first-order valence-electron chi connectivity index (χ1n) is 6.69. The Labute approximate surface area is 110 Å². The third-order valence-corrected chi connectivity index (χ3v) is 3.04. The summed E-state index contributed by atoms with van der Waals surface area (Å²) in [7, 11) is 3.31. The van der Waals surface area contributed by atoms with Crippen LogP contribution < -0.4 is 14.8 Å². The van der Waals surface area contributed by atoms with Gasteiger partial charge in [-0.15, -0.1) is 0 Å². The molecule has 1 atom stereocenters. The Morgan fingerprint density at radius 3 is 2.44 bits per heavy atom. The van der Waals surface area contributed by atoms with E-state index in [4.69, 9.17) is 9.47 Å². The van der Waals surface area contributed by atoms with Crippen LogP contribution in [0.1, 0.15) is 39.5 Å². The summed E-state index contributed by atoms with van der Waals surface area (Å²) in [5.74, 6) is 1.53. The molecule has 3 nitrogen and oxygen atoms in total. The van der Waals surface area contributed by atoms with Gasteiger partial charge in [-0.1, -0.05) is 26.2 Å². The van der Waals surface area contributed by atoms with E-state index in [9.17, 15) is 0 Å². The van der Waals surface area contributed by atoms with Crippen LogP contribution in [-0.2, 0) is 0 Å². The van der Waals surface area contributed by atoms with Gasteiger partial charge in [0.15, 0.2) is 11.5 Å². The summed E-state index contributed by atoms with van der Waals surface area (Å²) >= 11 is 0. The van der Waals surface area contributed by atoms with Crippen LogP contribution in [0.3, 0.4) is 0 Å². The molecule has 0 radical (unpaired) electrons. The van der Waals surface area contributed by atoms with Crippen molar-refractivity contribution in [2.45, 2.75) is 45.6 Å². The molecule has 1 aromatic rings. The third-order valence-electron chi connectivity index (χ3n) is 3.04. The van der Waals surface area contributed by atoms with E-state index in [1.54, 1.807) is 14.2 Å². The van der Waals surface area contributed by atoms with Crippen molar-refractivity contribution in [1.82, 2.24) is 0 Å². The molecule has 0 aromatic heterocycles. The number of benzene rings is 1. The molecule has 3 heteroatoms. The highest BCUT2D eigenvalue weighted by Gasteiger charge is 2.06. The Hall–Kier alpha value is -1.38. The van der Waals surface area contributed by atoms with Crippen LogP contribution >= 0.6 is 0 Å². The maximum atomic E-state index is 5.29. The standard InChI is InChI=1S/C15H25NO2/c1-5-6-7-8-12(2)16-13-9-10-14(17-3)15(11-13)18-4/h9-12,16H,5-8H2,1-4H3. The van der Waals surface area contributed by atoms with Gasteiger partial charge < -0.3 is 14.8 Å². The highest BCUT2D eigenvalue weighted by molar-refractivity contribution is 5.55. The predicted octanol–water partition coefficient (Wildman–Crippen LogP) is 4.08. The lowest BCUT2D eigenvalue weighted by molar-refractivity contribution is 0.355. The first-order valence-corrected chi connectivity index (χ1v) is 6.69. The maximum Gasteiger partial charge on any atom is 0.162 e. The van der Waals surface area contributed by atoms with Crippen molar-refractivity contribution in [3.63, 3.8) is 0 Å². The van der Waals surface area contributed by atoms with Gasteiger partial charge in [-0.05, 0) is 25.5 Å². The normalized spacial score (nSPS) is 12.0. The van der Waals surface area contributed by atoms with Crippen molar-refractivity contribution in [3.8, 4) is 11.5 Å². The molecule has 1 aromatic carbocycles. The van der Waals surface area contributed by atoms with Crippen molar-refractivity contribution in [1.29, 1.82) is 0 Å². The van der Waals surface area contributed by atoms with Crippen LogP contribution in [0.4, 0.5) is 5.69 Å². The van der Waals surface area contributed by atoms with Gasteiger partial charge in [0.05, 0.1) is 14.2 Å². The largest absolute Gasteiger partial charge is 0.493 e. The second-order valence-electron chi connectivity index (χ2n) is 4.61. The van der Waals surface area contributed by atoms with Crippen LogP contribution in [0.25, 0.3) is 0 Å². The molecule has 0 saturated heterocycles. The van der Waals surface area contributed by atoms with Crippen molar-refractivity contribution in [3.05, 3.63) is 18.2 Å². The van der Waals surface area contributed by atoms with Gasteiger partial charge in [-0.25, -0.2) is 0 Å². The van der Waals surface area contributed by atoms with E-state index in [0.29, 0.717) is 6.04 Å². The Bertz CT molecular complexity index is 352. The first-order chi connectivity index (χ1) is 8.71. The minimum absolute atomic E-state index is 0.481. The van der Waals surface area contributed by atoms with Gasteiger partial charge >= 0.3 is 0 Å². The summed E-state index contributed by atoms with van der Waals surface area (Å²) in [4.78, 5) is 0. The smallest absolute Gasteiger partial charge is 0.162 e. The molecule has 1 unspecified atom stereocenters. The average Bonchev–Trinajstić information content (AvgIpc) is 2.39. The molecular formula is C15H25NO2. The fourth-order valence-electron chi connectivity index (χ4n) is 1.98. The monoisotopic (exact) mass is 251 g/mol. The first kappa shape index (κ1) is 14.7.